The summed E-state index contributed by atoms with van der Waals surface area (Å²) in [5.41, 5.74) is 0. The third-order valence-electron chi connectivity index (χ3n) is 18.8. The van der Waals surface area contributed by atoms with Crippen LogP contribution < -0.4 is 0 Å². The molecule has 136 heavy (non-hydrogen) atoms. The van der Waals surface area contributed by atoms with Crippen molar-refractivity contribution < 1.29 is 208 Å². The summed E-state index contributed by atoms with van der Waals surface area (Å²) in [5, 5.41) is 0. The largest absolute Gasteiger partial charge is 0.461 e. The Kier molecular flexibility index (Phi) is 61.4. The maximum Gasteiger partial charge on any atom is 0.374 e. The predicted molar refractivity (Wildman–Crippen MR) is 466 cm³/mol. The highest BCUT2D eigenvalue weighted by atomic mass is 16.7. The number of hydrogen-bond acceptors (Lipinski definition) is 44. The van der Waals surface area contributed by atoms with Gasteiger partial charge in [-0.3, -0.25) is 0 Å². The van der Waals surface area contributed by atoms with Crippen molar-refractivity contribution in [1.29, 1.82) is 0 Å². The lowest BCUT2D eigenvalue weighted by Gasteiger charge is -2.15. The minimum atomic E-state index is -0.698. The molecule has 10 rings (SSSR count). The first-order valence-corrected chi connectivity index (χ1v) is 45.8. The van der Waals surface area contributed by atoms with Gasteiger partial charge in [0.25, 0.3) is 0 Å². The first-order chi connectivity index (χ1) is 65.9. The molecule has 6 saturated heterocycles. The van der Waals surface area contributed by atoms with Crippen LogP contribution in [0.3, 0.4) is 0 Å². The Balaban J connectivity index is 0.000000289. The molecule has 6 aliphatic rings. The molecule has 0 saturated carbocycles. The lowest BCUT2D eigenvalue weighted by Crippen LogP contribution is -2.31. The van der Waals surface area contributed by atoms with Gasteiger partial charge >= 0.3 is 71.6 Å². The molecule has 0 bridgehead atoms. The summed E-state index contributed by atoms with van der Waals surface area (Å²) in [4.78, 5) is 141. The van der Waals surface area contributed by atoms with E-state index in [2.05, 4.69) is 0 Å². The normalized spacial score (nSPS) is 18.4. The topological polar surface area (TPSA) is 516 Å². The fourth-order valence-corrected chi connectivity index (χ4v) is 12.0. The van der Waals surface area contributed by atoms with Crippen molar-refractivity contribution in [1.82, 2.24) is 0 Å². The van der Waals surface area contributed by atoms with Gasteiger partial charge in [-0.2, -0.15) is 0 Å². The quantitative estimate of drug-likeness (QED) is 0.0226. The van der Waals surface area contributed by atoms with Gasteiger partial charge in [-0.25, -0.2) is 57.5 Å². The highest BCUT2D eigenvalue weighted by Gasteiger charge is 2.39. The maximum atomic E-state index is 12.0. The third kappa shape index (κ3) is 49.9. The maximum absolute atomic E-state index is 12.0. The molecule has 10 heterocycles. The molecule has 768 valence electrons. The van der Waals surface area contributed by atoms with Crippen molar-refractivity contribution in [3.8, 4) is 0 Å². The average Bonchev–Trinajstić information content (AvgIpc) is 1.75. The molecular weight excluding hydrogens is 1810 g/mol. The van der Waals surface area contributed by atoms with Crippen molar-refractivity contribution in [2.75, 3.05) is 226 Å². The number of hydrogen-bond donors (Lipinski definition) is 0. The first kappa shape index (κ1) is 117. The second-order valence-corrected chi connectivity index (χ2v) is 30.0. The number of methoxy groups -OCH3 is 2. The molecule has 4 aromatic heterocycles. The number of ether oxygens (including phenoxy) is 28. The Hall–Kier alpha value is -9.88. The second-order valence-electron chi connectivity index (χ2n) is 30.0. The molecule has 6 fully saturated rings. The van der Waals surface area contributed by atoms with Gasteiger partial charge in [-0.05, 0) is 181 Å². The van der Waals surface area contributed by atoms with Crippen LogP contribution >= 0.6 is 0 Å². The van der Waals surface area contributed by atoms with Crippen LogP contribution in [0, 0.1) is 0 Å². The molecule has 0 radical (unpaired) electrons. The molecule has 0 spiro atoms. The summed E-state index contributed by atoms with van der Waals surface area (Å²) in [7, 11) is 3.13. The van der Waals surface area contributed by atoms with Crippen LogP contribution in [-0.2, 0) is 152 Å². The van der Waals surface area contributed by atoms with E-state index in [-0.39, 0.29) is 175 Å². The summed E-state index contributed by atoms with van der Waals surface area (Å²) >= 11 is 0. The van der Waals surface area contributed by atoms with Gasteiger partial charge in [-0.1, -0.05) is 0 Å². The van der Waals surface area contributed by atoms with Crippen molar-refractivity contribution in [3.63, 3.8) is 0 Å². The fourth-order valence-electron chi connectivity index (χ4n) is 12.0. The third-order valence-corrected chi connectivity index (χ3v) is 18.8. The minimum absolute atomic E-state index is 0.00692. The summed E-state index contributed by atoms with van der Waals surface area (Å²) in [5.74, 6) is -7.38. The van der Waals surface area contributed by atoms with Crippen LogP contribution in [0.1, 0.15) is 217 Å². The molecular formula is C92H136O44. The fraction of sp³-hybridized carbons (Fsp3) is 0.696. The second kappa shape index (κ2) is 71.6. The number of carbonyl (C=O) groups is 12. The Morgan fingerprint density at radius 3 is 0.684 bits per heavy atom. The Bertz CT molecular complexity index is 3750. The van der Waals surface area contributed by atoms with Gasteiger partial charge in [0, 0.05) is 67.1 Å². The molecule has 0 N–H and O–H groups in total. The van der Waals surface area contributed by atoms with Gasteiger partial charge in [0.15, 0.2) is 24.4 Å². The summed E-state index contributed by atoms with van der Waals surface area (Å²) in [6.07, 6.45) is 6.67. The van der Waals surface area contributed by atoms with Crippen molar-refractivity contribution in [3.05, 3.63) is 94.6 Å². The van der Waals surface area contributed by atoms with Gasteiger partial charge in [0.05, 0.1) is 116 Å². The van der Waals surface area contributed by atoms with Gasteiger partial charge in [0.1, 0.15) is 79.3 Å². The highest BCUT2D eigenvalue weighted by molar-refractivity contribution is 5.93. The van der Waals surface area contributed by atoms with Crippen LogP contribution in [0.25, 0.3) is 0 Å². The van der Waals surface area contributed by atoms with E-state index in [0.29, 0.717) is 131 Å². The van der Waals surface area contributed by atoms with E-state index in [9.17, 15) is 57.5 Å². The first-order valence-electron chi connectivity index (χ1n) is 45.8. The SMILES string of the molecule is CC(C)OCCOC(=O)c1ccc(C(=O)OCCOC(C)C)o1.CCOCCOC(=O)C1CCC(C(=O)OCCOCC)O1.CCOCCOC(=O)c1ccc(C(=O)OCCOCC)o1.COCCOCCOC(=O)c1ccc(C(=O)OCCOCCOC)o1.O=C(OCC1CCCO1)C1CCC(C(=O)OCC2CCCO2)O1.O=C(OCC1CCCO1)c1ccc(C(=O)OCC2CCCO2)o1. The van der Waals surface area contributed by atoms with E-state index >= 15 is 0 Å². The molecule has 44 heteroatoms. The van der Waals surface area contributed by atoms with E-state index in [0.717, 1.165) is 64.6 Å². The van der Waals surface area contributed by atoms with E-state index in [1.54, 1.807) is 14.2 Å². The average molecular weight is 1950 g/mol. The van der Waals surface area contributed by atoms with Gasteiger partial charge in [0.2, 0.25) is 46.1 Å². The van der Waals surface area contributed by atoms with Crippen molar-refractivity contribution >= 4 is 71.6 Å². The number of esters is 12. The zero-order valence-corrected chi connectivity index (χ0v) is 79.5. The summed E-state index contributed by atoms with van der Waals surface area (Å²) < 4.78 is 164. The van der Waals surface area contributed by atoms with Crippen LogP contribution in [0.5, 0.6) is 0 Å². The lowest BCUT2D eigenvalue weighted by molar-refractivity contribution is -0.168. The van der Waals surface area contributed by atoms with Crippen LogP contribution in [0.2, 0.25) is 0 Å². The van der Waals surface area contributed by atoms with E-state index in [1.807, 2.05) is 55.4 Å². The molecule has 4 aromatic rings. The number of carbonyl (C=O) groups excluding carboxylic acids is 12. The molecule has 6 aliphatic heterocycles. The number of furan rings is 4. The zero-order valence-electron chi connectivity index (χ0n) is 79.5. The van der Waals surface area contributed by atoms with Crippen LogP contribution in [0.15, 0.2) is 66.2 Å². The smallest absolute Gasteiger partial charge is 0.374 e. The van der Waals surface area contributed by atoms with E-state index in [1.165, 1.54) is 48.5 Å². The Labute approximate surface area is 790 Å². The monoisotopic (exact) mass is 1940 g/mol. The molecule has 8 unspecified atom stereocenters. The molecule has 8 atom stereocenters. The molecule has 0 aromatic carbocycles. The zero-order chi connectivity index (χ0) is 98.7. The molecule has 0 aliphatic carbocycles. The molecule has 44 nitrogen and oxygen atoms in total. The Morgan fingerprint density at radius 1 is 0.257 bits per heavy atom. The Morgan fingerprint density at radius 2 is 0.463 bits per heavy atom. The highest BCUT2D eigenvalue weighted by Crippen LogP contribution is 2.26. The van der Waals surface area contributed by atoms with E-state index < -0.39 is 96.0 Å². The summed E-state index contributed by atoms with van der Waals surface area (Å²) in [6.45, 7) is 26.2. The van der Waals surface area contributed by atoms with Crippen LogP contribution in [0.4, 0.5) is 0 Å². The number of rotatable bonds is 56. The summed E-state index contributed by atoms with van der Waals surface area (Å²) in [6, 6.07) is 11.0. The van der Waals surface area contributed by atoms with Crippen molar-refractivity contribution in [2.45, 2.75) is 193 Å². The van der Waals surface area contributed by atoms with Gasteiger partial charge in [-0.15, -0.1) is 0 Å². The predicted octanol–water partition coefficient (Wildman–Crippen LogP) is 8.65. The molecule has 0 amide bonds. The van der Waals surface area contributed by atoms with Crippen LogP contribution in [-0.4, -0.2) is 358 Å². The standard InChI is InChI=1S/C16H24O9.C16H24O7.C16H20O7.C16H24O7.C14H24O7.C14H20O7/c1-19-5-7-21-9-11-23-15(17)13-3-4-14(25-13)16(18)24-12-10-22-8-6-20-2;2*17-15(21-9-11-3-1-7-19-11)13-5-6-14(23-13)16(18)22-10-12-4-2-8-20-12;1-11(2)19-7-9-21-15(17)13-5-6-14(23-13)16(18)22-10-8-20-12(3)4;2*1-3-17-7-9-19-13(15)11-5-6-12(21-11)14(16)20-10-8-18-4-2/h3-4H,5-12H2,1-2H3;11-14H,1-10H2;5-6,11-12H,1-4,7-10H2;5-6,11-12H,7-10H2,1-4H3;11-12H,3-10H2,1-2H3;5-6H,3-4,7-10H2,1-2H3. The van der Waals surface area contributed by atoms with Crippen molar-refractivity contribution in [2.24, 2.45) is 0 Å². The van der Waals surface area contributed by atoms with E-state index in [4.69, 9.17) is 150 Å². The minimum Gasteiger partial charge on any atom is -0.461 e. The van der Waals surface area contributed by atoms with Gasteiger partial charge < -0.3 is 150 Å². The lowest BCUT2D eigenvalue weighted by atomic mass is 10.2.